The van der Waals surface area contributed by atoms with E-state index in [1.54, 1.807) is 0 Å². The Hall–Kier alpha value is -0.380. The van der Waals surface area contributed by atoms with Crippen molar-refractivity contribution in [2.24, 2.45) is 0 Å². The number of thiophene rings is 1. The molecular weight excluding hydrogens is 216 g/mol. The molecule has 1 fully saturated rings. The Morgan fingerprint density at radius 1 is 1.38 bits per heavy atom. The fraction of sp³-hybridized carbons (Fsp3) is 0.692. The summed E-state index contributed by atoms with van der Waals surface area (Å²) in [6, 6.07) is 5.39. The largest absolute Gasteiger partial charge is 0.312 e. The molecule has 16 heavy (non-hydrogen) atoms. The van der Waals surface area contributed by atoms with Crippen LogP contribution in [0.15, 0.2) is 12.1 Å². The van der Waals surface area contributed by atoms with Crippen molar-refractivity contribution in [1.29, 1.82) is 0 Å². The van der Waals surface area contributed by atoms with Crippen molar-refractivity contribution in [1.82, 2.24) is 10.2 Å². The molecule has 1 aromatic rings. The topological polar surface area (TPSA) is 15.3 Å². The van der Waals surface area contributed by atoms with Crippen LogP contribution in [0.25, 0.3) is 0 Å². The molecule has 0 bridgehead atoms. The molecule has 0 unspecified atom stereocenters. The lowest BCUT2D eigenvalue weighted by molar-refractivity contribution is 0.154. The fourth-order valence-electron chi connectivity index (χ4n) is 2.05. The van der Waals surface area contributed by atoms with Gasteiger partial charge in [-0.15, -0.1) is 11.3 Å². The lowest BCUT2D eigenvalue weighted by Gasteiger charge is -2.34. The molecule has 90 valence electrons. The van der Waals surface area contributed by atoms with Crippen LogP contribution >= 0.6 is 11.3 Å². The molecule has 1 saturated carbocycles. The first-order valence-corrected chi connectivity index (χ1v) is 7.09. The third kappa shape index (κ3) is 3.06. The van der Waals surface area contributed by atoms with Gasteiger partial charge in [0, 0.05) is 28.9 Å². The average molecular weight is 238 g/mol. The minimum atomic E-state index is 0.847. The van der Waals surface area contributed by atoms with Crippen LogP contribution in [0.4, 0.5) is 0 Å². The van der Waals surface area contributed by atoms with Gasteiger partial charge in [-0.25, -0.2) is 0 Å². The van der Waals surface area contributed by atoms with Crippen molar-refractivity contribution in [2.75, 3.05) is 13.6 Å². The maximum Gasteiger partial charge on any atom is 0.0327 e. The summed E-state index contributed by atoms with van der Waals surface area (Å²) in [6.45, 7) is 5.35. The summed E-state index contributed by atoms with van der Waals surface area (Å²) in [5.74, 6) is 0. The van der Waals surface area contributed by atoms with Gasteiger partial charge in [-0.3, -0.25) is 4.90 Å². The minimum absolute atomic E-state index is 0.847. The van der Waals surface area contributed by atoms with Gasteiger partial charge in [-0.05, 0) is 38.6 Å². The van der Waals surface area contributed by atoms with Gasteiger partial charge >= 0.3 is 0 Å². The van der Waals surface area contributed by atoms with Crippen LogP contribution in [0, 0.1) is 0 Å². The quantitative estimate of drug-likeness (QED) is 0.820. The number of hydrogen-bond acceptors (Lipinski definition) is 3. The number of nitrogens with zero attached hydrogens (tertiary/aromatic N) is 1. The zero-order valence-electron chi connectivity index (χ0n) is 10.3. The second-order valence-electron chi connectivity index (χ2n) is 4.65. The Morgan fingerprint density at radius 3 is 2.75 bits per heavy atom. The van der Waals surface area contributed by atoms with Crippen molar-refractivity contribution in [3.05, 3.63) is 21.9 Å². The second-order valence-corrected chi connectivity index (χ2v) is 5.90. The van der Waals surface area contributed by atoms with E-state index < -0.39 is 0 Å². The van der Waals surface area contributed by atoms with Crippen molar-refractivity contribution in [3.8, 4) is 0 Å². The normalized spacial score (nSPS) is 16.7. The van der Waals surface area contributed by atoms with E-state index in [1.165, 1.54) is 29.0 Å². The Morgan fingerprint density at radius 2 is 2.12 bits per heavy atom. The highest BCUT2D eigenvalue weighted by Gasteiger charge is 2.21. The SMILES string of the molecule is CCNCc1ccc(CN(C)C2CCC2)s1. The van der Waals surface area contributed by atoms with Crippen molar-refractivity contribution >= 4 is 11.3 Å². The van der Waals surface area contributed by atoms with E-state index in [2.05, 4.69) is 36.3 Å². The molecule has 1 aliphatic rings. The Labute approximate surface area is 103 Å². The molecule has 1 N–H and O–H groups in total. The lowest BCUT2D eigenvalue weighted by atomic mass is 9.92. The summed E-state index contributed by atoms with van der Waals surface area (Å²) in [5, 5.41) is 3.37. The molecule has 1 heterocycles. The van der Waals surface area contributed by atoms with E-state index in [9.17, 15) is 0 Å². The average Bonchev–Trinajstić information content (AvgIpc) is 2.59. The molecule has 1 aromatic heterocycles. The summed E-state index contributed by atoms with van der Waals surface area (Å²) in [6.07, 6.45) is 4.21. The standard InChI is InChI=1S/C13H22N2S/c1-3-14-9-12-7-8-13(16-12)10-15(2)11-5-4-6-11/h7-8,11,14H,3-6,9-10H2,1-2H3. The van der Waals surface area contributed by atoms with Gasteiger partial charge in [0.2, 0.25) is 0 Å². The van der Waals surface area contributed by atoms with E-state index in [-0.39, 0.29) is 0 Å². The Bertz CT molecular complexity index is 317. The summed E-state index contributed by atoms with van der Waals surface area (Å²) in [4.78, 5) is 5.47. The zero-order valence-corrected chi connectivity index (χ0v) is 11.1. The molecule has 2 nitrogen and oxygen atoms in total. The van der Waals surface area contributed by atoms with E-state index in [1.807, 2.05) is 11.3 Å². The number of hydrogen-bond donors (Lipinski definition) is 1. The van der Waals surface area contributed by atoms with E-state index in [0.29, 0.717) is 0 Å². The smallest absolute Gasteiger partial charge is 0.0327 e. The molecule has 0 saturated heterocycles. The molecule has 0 spiro atoms. The highest BCUT2D eigenvalue weighted by Crippen LogP contribution is 2.26. The molecule has 0 atom stereocenters. The molecule has 2 rings (SSSR count). The maximum atomic E-state index is 3.37. The molecular formula is C13H22N2S. The highest BCUT2D eigenvalue weighted by atomic mass is 32.1. The molecule has 0 aliphatic heterocycles. The van der Waals surface area contributed by atoms with Crippen molar-refractivity contribution < 1.29 is 0 Å². The summed E-state index contributed by atoms with van der Waals surface area (Å²) < 4.78 is 0. The Balaban J connectivity index is 1.81. The van der Waals surface area contributed by atoms with Crippen LogP contribution < -0.4 is 5.32 Å². The van der Waals surface area contributed by atoms with Gasteiger partial charge in [-0.2, -0.15) is 0 Å². The highest BCUT2D eigenvalue weighted by molar-refractivity contribution is 7.11. The predicted octanol–water partition coefficient (Wildman–Crippen LogP) is 2.84. The fourth-order valence-corrected chi connectivity index (χ4v) is 3.10. The van der Waals surface area contributed by atoms with Gasteiger partial charge < -0.3 is 5.32 Å². The molecule has 0 radical (unpaired) electrons. The minimum Gasteiger partial charge on any atom is -0.312 e. The molecule has 0 aromatic carbocycles. The maximum absolute atomic E-state index is 3.37. The van der Waals surface area contributed by atoms with E-state index >= 15 is 0 Å². The number of rotatable bonds is 6. The first-order chi connectivity index (χ1) is 7.79. The van der Waals surface area contributed by atoms with Gasteiger partial charge in [0.05, 0.1) is 0 Å². The van der Waals surface area contributed by atoms with Crippen LogP contribution in [0.1, 0.15) is 35.9 Å². The van der Waals surface area contributed by atoms with E-state index in [0.717, 1.165) is 25.7 Å². The Kier molecular flexibility index (Phi) is 4.38. The van der Waals surface area contributed by atoms with Crippen LogP contribution in [-0.4, -0.2) is 24.5 Å². The summed E-state index contributed by atoms with van der Waals surface area (Å²) in [5.41, 5.74) is 0. The van der Waals surface area contributed by atoms with Crippen LogP contribution in [0.3, 0.4) is 0 Å². The van der Waals surface area contributed by atoms with E-state index in [4.69, 9.17) is 0 Å². The summed E-state index contributed by atoms with van der Waals surface area (Å²) >= 11 is 1.95. The van der Waals surface area contributed by atoms with Gasteiger partial charge in [-0.1, -0.05) is 13.3 Å². The third-order valence-electron chi connectivity index (χ3n) is 3.37. The van der Waals surface area contributed by atoms with Gasteiger partial charge in [0.25, 0.3) is 0 Å². The molecule has 3 heteroatoms. The van der Waals surface area contributed by atoms with Crippen molar-refractivity contribution in [3.63, 3.8) is 0 Å². The monoisotopic (exact) mass is 238 g/mol. The van der Waals surface area contributed by atoms with Crippen molar-refractivity contribution in [2.45, 2.75) is 45.3 Å². The van der Waals surface area contributed by atoms with Crippen LogP contribution in [0.2, 0.25) is 0 Å². The van der Waals surface area contributed by atoms with Crippen LogP contribution in [-0.2, 0) is 13.1 Å². The predicted molar refractivity (Wildman–Crippen MR) is 70.8 cm³/mol. The second kappa shape index (κ2) is 5.80. The molecule has 0 amide bonds. The number of nitrogens with one attached hydrogen (secondary N) is 1. The first kappa shape index (κ1) is 12.1. The van der Waals surface area contributed by atoms with Gasteiger partial charge in [0.1, 0.15) is 0 Å². The zero-order chi connectivity index (χ0) is 11.4. The lowest BCUT2D eigenvalue weighted by Crippen LogP contribution is -2.36. The summed E-state index contributed by atoms with van der Waals surface area (Å²) in [7, 11) is 2.26. The van der Waals surface area contributed by atoms with Gasteiger partial charge in [0.15, 0.2) is 0 Å². The first-order valence-electron chi connectivity index (χ1n) is 6.28. The third-order valence-corrected chi connectivity index (χ3v) is 4.44. The molecule has 1 aliphatic carbocycles. The van der Waals surface area contributed by atoms with Crippen LogP contribution in [0.5, 0.6) is 0 Å².